The van der Waals surface area contributed by atoms with Gasteiger partial charge in [0.15, 0.2) is 0 Å². The average Bonchev–Trinajstić information content (AvgIpc) is 2.38. The van der Waals surface area contributed by atoms with Gasteiger partial charge in [-0.1, -0.05) is 6.92 Å². The lowest BCUT2D eigenvalue weighted by molar-refractivity contribution is -0.131. The Labute approximate surface area is 119 Å². The number of likely N-dealkylation sites (N-methyl/N-ethyl adjacent to an activating group) is 1. The number of fused-ring (bicyclic) bond motifs is 1. The van der Waals surface area contributed by atoms with Crippen molar-refractivity contribution >= 4 is 5.91 Å². The van der Waals surface area contributed by atoms with E-state index in [1.165, 1.54) is 0 Å². The smallest absolute Gasteiger partial charge is 0.257 e. The summed E-state index contributed by atoms with van der Waals surface area (Å²) in [5, 5.41) is 0. The first kappa shape index (κ1) is 14.8. The fourth-order valence-electron chi connectivity index (χ4n) is 2.99. The molecule has 20 heavy (non-hydrogen) atoms. The zero-order chi connectivity index (χ0) is 15.0. The van der Waals surface area contributed by atoms with Crippen molar-refractivity contribution < 1.29 is 4.79 Å². The highest BCUT2D eigenvalue weighted by molar-refractivity contribution is 5.82. The molecule has 1 aromatic rings. The number of rotatable bonds is 2. The first-order chi connectivity index (χ1) is 9.38. The van der Waals surface area contributed by atoms with Gasteiger partial charge in [-0.05, 0) is 33.1 Å². The maximum Gasteiger partial charge on any atom is 0.257 e. The van der Waals surface area contributed by atoms with Crippen LogP contribution in [-0.2, 0) is 11.2 Å². The SMILES string of the molecule is CCc1c(C)nc2n(c1=O)[C@@H](C)CC[C@@H]2C(=O)N(C)C. The minimum atomic E-state index is -0.293. The highest BCUT2D eigenvalue weighted by Gasteiger charge is 2.33. The zero-order valence-corrected chi connectivity index (χ0v) is 12.9. The lowest BCUT2D eigenvalue weighted by atomic mass is 9.92. The molecule has 0 aliphatic carbocycles. The van der Waals surface area contributed by atoms with Crippen molar-refractivity contribution in [1.29, 1.82) is 0 Å². The normalized spacial score (nSPS) is 21.4. The van der Waals surface area contributed by atoms with Crippen LogP contribution in [0.25, 0.3) is 0 Å². The Morgan fingerprint density at radius 3 is 2.60 bits per heavy atom. The van der Waals surface area contributed by atoms with E-state index in [1.807, 2.05) is 20.8 Å². The fourth-order valence-corrected chi connectivity index (χ4v) is 2.99. The van der Waals surface area contributed by atoms with E-state index >= 15 is 0 Å². The second-order valence-corrected chi connectivity index (χ2v) is 5.77. The highest BCUT2D eigenvalue weighted by atomic mass is 16.2. The van der Waals surface area contributed by atoms with Crippen molar-refractivity contribution in [2.24, 2.45) is 0 Å². The Morgan fingerprint density at radius 1 is 1.40 bits per heavy atom. The lowest BCUT2D eigenvalue weighted by Gasteiger charge is -2.31. The van der Waals surface area contributed by atoms with E-state index in [4.69, 9.17) is 0 Å². The molecule has 0 saturated carbocycles. The molecular weight excluding hydrogens is 254 g/mol. The molecule has 110 valence electrons. The largest absolute Gasteiger partial charge is 0.348 e. The van der Waals surface area contributed by atoms with Crippen molar-refractivity contribution in [2.75, 3.05) is 14.1 Å². The van der Waals surface area contributed by atoms with Gasteiger partial charge in [-0.15, -0.1) is 0 Å². The number of amides is 1. The van der Waals surface area contributed by atoms with E-state index in [-0.39, 0.29) is 23.4 Å². The molecule has 1 aliphatic rings. The third-order valence-corrected chi connectivity index (χ3v) is 4.16. The van der Waals surface area contributed by atoms with Crippen molar-refractivity contribution in [3.05, 3.63) is 27.4 Å². The summed E-state index contributed by atoms with van der Waals surface area (Å²) in [5.74, 6) is 0.377. The van der Waals surface area contributed by atoms with E-state index < -0.39 is 0 Å². The van der Waals surface area contributed by atoms with Crippen LogP contribution in [0.15, 0.2) is 4.79 Å². The molecule has 2 rings (SSSR count). The summed E-state index contributed by atoms with van der Waals surface area (Å²) in [6.45, 7) is 5.85. The number of carbonyl (C=O) groups excluding carboxylic acids is 1. The lowest BCUT2D eigenvalue weighted by Crippen LogP contribution is -2.40. The molecule has 0 N–H and O–H groups in total. The van der Waals surface area contributed by atoms with E-state index in [0.717, 1.165) is 24.1 Å². The maximum atomic E-state index is 12.6. The van der Waals surface area contributed by atoms with Crippen molar-refractivity contribution in [3.63, 3.8) is 0 Å². The first-order valence-corrected chi connectivity index (χ1v) is 7.21. The van der Waals surface area contributed by atoms with Gasteiger partial charge >= 0.3 is 0 Å². The number of aryl methyl sites for hydroxylation is 1. The van der Waals surface area contributed by atoms with Crippen LogP contribution in [0.5, 0.6) is 0 Å². The quantitative estimate of drug-likeness (QED) is 0.826. The van der Waals surface area contributed by atoms with E-state index in [9.17, 15) is 9.59 Å². The summed E-state index contributed by atoms with van der Waals surface area (Å²) in [5.41, 5.74) is 1.55. The van der Waals surface area contributed by atoms with Gasteiger partial charge in [0.2, 0.25) is 5.91 Å². The number of hydrogen-bond donors (Lipinski definition) is 0. The third-order valence-electron chi connectivity index (χ3n) is 4.16. The average molecular weight is 277 g/mol. The van der Waals surface area contributed by atoms with Crippen LogP contribution in [0.2, 0.25) is 0 Å². The molecule has 2 heterocycles. The molecule has 0 aromatic carbocycles. The molecule has 1 aliphatic heterocycles. The zero-order valence-electron chi connectivity index (χ0n) is 12.9. The van der Waals surface area contributed by atoms with Gasteiger partial charge in [-0.25, -0.2) is 4.98 Å². The van der Waals surface area contributed by atoms with Crippen LogP contribution in [0, 0.1) is 6.92 Å². The van der Waals surface area contributed by atoms with Crippen LogP contribution < -0.4 is 5.56 Å². The minimum absolute atomic E-state index is 0.0266. The third kappa shape index (κ3) is 2.25. The summed E-state index contributed by atoms with van der Waals surface area (Å²) in [4.78, 5) is 31.1. The molecule has 5 nitrogen and oxygen atoms in total. The predicted octanol–water partition coefficient (Wildman–Crippen LogP) is 1.64. The van der Waals surface area contributed by atoms with Crippen molar-refractivity contribution in [2.45, 2.75) is 52.0 Å². The van der Waals surface area contributed by atoms with Gasteiger partial charge in [0.05, 0.1) is 5.92 Å². The summed E-state index contributed by atoms with van der Waals surface area (Å²) in [7, 11) is 3.49. The predicted molar refractivity (Wildman–Crippen MR) is 78.0 cm³/mol. The molecule has 0 bridgehead atoms. The topological polar surface area (TPSA) is 55.2 Å². The molecule has 1 amide bonds. The van der Waals surface area contributed by atoms with Crippen LogP contribution in [0.1, 0.15) is 55.7 Å². The van der Waals surface area contributed by atoms with E-state index in [0.29, 0.717) is 12.2 Å². The molecule has 0 radical (unpaired) electrons. The Kier molecular flexibility index (Phi) is 3.97. The number of aromatic nitrogens is 2. The molecule has 0 fully saturated rings. The fraction of sp³-hybridized carbons (Fsp3) is 0.667. The Balaban J connectivity index is 2.64. The Bertz CT molecular complexity index is 590. The molecular formula is C15H23N3O2. The molecule has 5 heteroatoms. The van der Waals surface area contributed by atoms with Crippen molar-refractivity contribution in [3.8, 4) is 0 Å². The van der Waals surface area contributed by atoms with Gasteiger partial charge in [0, 0.05) is 31.4 Å². The molecule has 0 saturated heterocycles. The van der Waals surface area contributed by atoms with Crippen molar-refractivity contribution in [1.82, 2.24) is 14.5 Å². The van der Waals surface area contributed by atoms with Crippen LogP contribution in [0.3, 0.4) is 0 Å². The molecule has 2 atom stereocenters. The molecule has 1 aromatic heterocycles. The summed E-state index contributed by atoms with van der Waals surface area (Å²) in [6.07, 6.45) is 2.28. The summed E-state index contributed by atoms with van der Waals surface area (Å²) in [6, 6.07) is 0.113. The Morgan fingerprint density at radius 2 is 2.05 bits per heavy atom. The summed E-state index contributed by atoms with van der Waals surface area (Å²) >= 11 is 0. The number of nitrogens with zero attached hydrogens (tertiary/aromatic N) is 3. The van der Waals surface area contributed by atoms with Gasteiger partial charge in [-0.2, -0.15) is 0 Å². The number of hydrogen-bond acceptors (Lipinski definition) is 3. The molecule has 0 spiro atoms. The Hall–Kier alpha value is -1.65. The van der Waals surface area contributed by atoms with Crippen LogP contribution >= 0.6 is 0 Å². The van der Waals surface area contributed by atoms with Crippen LogP contribution in [-0.4, -0.2) is 34.5 Å². The highest BCUT2D eigenvalue weighted by Crippen LogP contribution is 2.32. The number of carbonyl (C=O) groups is 1. The van der Waals surface area contributed by atoms with E-state index in [2.05, 4.69) is 4.98 Å². The van der Waals surface area contributed by atoms with Gasteiger partial charge in [-0.3, -0.25) is 14.2 Å². The second-order valence-electron chi connectivity index (χ2n) is 5.77. The maximum absolute atomic E-state index is 12.6. The molecule has 0 unspecified atom stereocenters. The van der Waals surface area contributed by atoms with Crippen LogP contribution in [0.4, 0.5) is 0 Å². The second kappa shape index (κ2) is 5.38. The minimum Gasteiger partial charge on any atom is -0.348 e. The van der Waals surface area contributed by atoms with Gasteiger partial charge < -0.3 is 4.90 Å². The first-order valence-electron chi connectivity index (χ1n) is 7.21. The standard InChI is InChI=1S/C15H23N3O2/c1-6-11-10(3)16-13-12(14(19)17(4)5)8-7-9(2)18(13)15(11)20/h9,12H,6-8H2,1-5H3/t9-,12-/m0/s1. The monoisotopic (exact) mass is 277 g/mol. The van der Waals surface area contributed by atoms with Gasteiger partial charge in [0.25, 0.3) is 5.56 Å². The van der Waals surface area contributed by atoms with E-state index in [1.54, 1.807) is 23.6 Å². The summed E-state index contributed by atoms with van der Waals surface area (Å²) < 4.78 is 1.74. The van der Waals surface area contributed by atoms with Gasteiger partial charge in [0.1, 0.15) is 5.82 Å².